The van der Waals surface area contributed by atoms with E-state index in [1.807, 2.05) is 78.9 Å². The average molecular weight is 348 g/mol. The number of fused-ring (bicyclic) bond motifs is 1. The van der Waals surface area contributed by atoms with Crippen LogP contribution in [0.15, 0.2) is 78.9 Å². The number of aromatic nitrogens is 2. The van der Waals surface area contributed by atoms with Crippen LogP contribution in [0.3, 0.4) is 0 Å². The monoisotopic (exact) mass is 347 g/mol. The Morgan fingerprint density at radius 2 is 1.28 bits per heavy atom. The van der Waals surface area contributed by atoms with E-state index in [-0.39, 0.29) is 0 Å². The van der Waals surface area contributed by atoms with Gasteiger partial charge in [0, 0.05) is 5.69 Å². The molecular formula is C20H14ClN3O. The van der Waals surface area contributed by atoms with Crippen molar-refractivity contribution in [3.8, 4) is 11.5 Å². The average Bonchev–Trinajstić information content (AvgIpc) is 2.65. The van der Waals surface area contributed by atoms with Gasteiger partial charge in [-0.15, -0.1) is 0 Å². The van der Waals surface area contributed by atoms with Crippen LogP contribution in [-0.2, 0) is 0 Å². The van der Waals surface area contributed by atoms with Crippen molar-refractivity contribution in [3.05, 3.63) is 84.0 Å². The molecule has 4 aromatic rings. The molecule has 0 amide bonds. The van der Waals surface area contributed by atoms with E-state index >= 15 is 0 Å². The predicted molar refractivity (Wildman–Crippen MR) is 101 cm³/mol. The molecule has 1 aromatic heterocycles. The predicted octanol–water partition coefficient (Wildman–Crippen LogP) is 5.82. The molecule has 4 nitrogen and oxygen atoms in total. The van der Waals surface area contributed by atoms with Gasteiger partial charge in [0.1, 0.15) is 11.5 Å². The minimum absolute atomic E-state index is 0.336. The van der Waals surface area contributed by atoms with Crippen molar-refractivity contribution < 1.29 is 4.74 Å². The van der Waals surface area contributed by atoms with Crippen LogP contribution < -0.4 is 10.1 Å². The van der Waals surface area contributed by atoms with E-state index in [4.69, 9.17) is 16.3 Å². The number of para-hydroxylation sites is 3. The first-order chi connectivity index (χ1) is 12.3. The van der Waals surface area contributed by atoms with E-state index in [2.05, 4.69) is 15.3 Å². The molecule has 0 saturated carbocycles. The third kappa shape index (κ3) is 3.54. The van der Waals surface area contributed by atoms with Crippen molar-refractivity contribution >= 4 is 34.1 Å². The molecule has 0 aliphatic carbocycles. The topological polar surface area (TPSA) is 47.0 Å². The summed E-state index contributed by atoms with van der Waals surface area (Å²) in [6.07, 6.45) is 0. The number of hydrogen-bond donors (Lipinski definition) is 1. The van der Waals surface area contributed by atoms with Crippen molar-refractivity contribution in [2.24, 2.45) is 0 Å². The Morgan fingerprint density at radius 1 is 0.680 bits per heavy atom. The van der Waals surface area contributed by atoms with Gasteiger partial charge in [-0.25, -0.2) is 9.97 Å². The van der Waals surface area contributed by atoms with E-state index in [9.17, 15) is 0 Å². The third-order valence-electron chi connectivity index (χ3n) is 3.62. The fourth-order valence-corrected chi connectivity index (χ4v) is 2.61. The van der Waals surface area contributed by atoms with Gasteiger partial charge in [0.25, 0.3) is 0 Å². The molecule has 1 heterocycles. The lowest BCUT2D eigenvalue weighted by Gasteiger charge is -2.10. The van der Waals surface area contributed by atoms with Crippen LogP contribution in [0.2, 0.25) is 5.15 Å². The number of benzene rings is 3. The standard InChI is InChI=1S/C20H14ClN3O/c21-19-20(24-18-9-5-4-8-17(18)23-19)22-14-10-12-16(13-11-14)25-15-6-2-1-3-7-15/h1-13H,(H,22,24). The van der Waals surface area contributed by atoms with Gasteiger partial charge < -0.3 is 10.1 Å². The lowest BCUT2D eigenvalue weighted by atomic mass is 10.3. The number of rotatable bonds is 4. The lowest BCUT2D eigenvalue weighted by molar-refractivity contribution is 0.483. The molecule has 0 atom stereocenters. The van der Waals surface area contributed by atoms with E-state index < -0.39 is 0 Å². The van der Waals surface area contributed by atoms with Gasteiger partial charge in [0.2, 0.25) is 0 Å². The van der Waals surface area contributed by atoms with Gasteiger partial charge in [0.15, 0.2) is 11.0 Å². The Kier molecular flexibility index (Phi) is 4.19. The summed E-state index contributed by atoms with van der Waals surface area (Å²) in [7, 11) is 0. The summed E-state index contributed by atoms with van der Waals surface area (Å²) < 4.78 is 5.78. The molecule has 0 fully saturated rings. The summed E-state index contributed by atoms with van der Waals surface area (Å²) in [5.74, 6) is 2.08. The third-order valence-corrected chi connectivity index (χ3v) is 3.89. The second-order valence-electron chi connectivity index (χ2n) is 5.42. The van der Waals surface area contributed by atoms with Crippen molar-refractivity contribution in [1.82, 2.24) is 9.97 Å². The summed E-state index contributed by atoms with van der Waals surface area (Å²) >= 11 is 6.23. The summed E-state index contributed by atoms with van der Waals surface area (Å²) in [5, 5.41) is 3.53. The zero-order valence-corrected chi connectivity index (χ0v) is 13.9. The van der Waals surface area contributed by atoms with Crippen molar-refractivity contribution in [3.63, 3.8) is 0 Å². The second kappa shape index (κ2) is 6.79. The van der Waals surface area contributed by atoms with E-state index in [0.29, 0.717) is 11.0 Å². The Hall–Kier alpha value is -3.11. The molecule has 4 rings (SSSR count). The van der Waals surface area contributed by atoms with Gasteiger partial charge in [0.05, 0.1) is 11.0 Å². The Bertz CT molecular complexity index is 1000. The highest BCUT2D eigenvalue weighted by Gasteiger charge is 2.07. The number of ether oxygens (including phenoxy) is 1. The van der Waals surface area contributed by atoms with E-state index in [1.165, 1.54) is 0 Å². The zero-order chi connectivity index (χ0) is 17.1. The summed E-state index contributed by atoms with van der Waals surface area (Å²) in [6, 6.07) is 24.9. The molecule has 0 radical (unpaired) electrons. The van der Waals surface area contributed by atoms with Crippen LogP contribution in [0.4, 0.5) is 11.5 Å². The molecule has 122 valence electrons. The number of hydrogen-bond acceptors (Lipinski definition) is 4. The fourth-order valence-electron chi connectivity index (χ4n) is 2.43. The highest BCUT2D eigenvalue weighted by molar-refractivity contribution is 6.32. The van der Waals surface area contributed by atoms with Crippen molar-refractivity contribution in [1.29, 1.82) is 0 Å². The molecule has 0 spiro atoms. The largest absolute Gasteiger partial charge is 0.457 e. The van der Waals surface area contributed by atoms with Crippen LogP contribution in [-0.4, -0.2) is 9.97 Å². The maximum Gasteiger partial charge on any atom is 0.172 e. The molecular weight excluding hydrogens is 334 g/mol. The van der Waals surface area contributed by atoms with Gasteiger partial charge in [-0.3, -0.25) is 0 Å². The summed E-state index contributed by atoms with van der Waals surface area (Å²) in [5.41, 5.74) is 2.41. The van der Waals surface area contributed by atoms with Gasteiger partial charge in [-0.2, -0.15) is 0 Å². The number of nitrogens with one attached hydrogen (secondary N) is 1. The number of anilines is 2. The molecule has 1 N–H and O–H groups in total. The van der Waals surface area contributed by atoms with Crippen LogP contribution in [0, 0.1) is 0 Å². The summed E-state index contributed by atoms with van der Waals surface area (Å²) in [4.78, 5) is 8.88. The molecule has 0 bridgehead atoms. The van der Waals surface area contributed by atoms with Gasteiger partial charge in [-0.05, 0) is 48.5 Å². The molecule has 0 aliphatic heterocycles. The first-order valence-corrected chi connectivity index (χ1v) is 8.18. The molecule has 5 heteroatoms. The van der Waals surface area contributed by atoms with Crippen LogP contribution >= 0.6 is 11.6 Å². The smallest absolute Gasteiger partial charge is 0.172 e. The Morgan fingerprint density at radius 3 is 2.00 bits per heavy atom. The first kappa shape index (κ1) is 15.4. The number of halogens is 1. The number of nitrogens with zero attached hydrogens (tertiary/aromatic N) is 2. The van der Waals surface area contributed by atoms with Gasteiger partial charge in [-0.1, -0.05) is 41.9 Å². The van der Waals surface area contributed by atoms with Crippen molar-refractivity contribution in [2.75, 3.05) is 5.32 Å². The molecule has 25 heavy (non-hydrogen) atoms. The molecule has 0 aliphatic rings. The van der Waals surface area contributed by atoms with E-state index in [1.54, 1.807) is 0 Å². The minimum Gasteiger partial charge on any atom is -0.457 e. The summed E-state index contributed by atoms with van der Waals surface area (Å²) in [6.45, 7) is 0. The molecule has 0 saturated heterocycles. The minimum atomic E-state index is 0.336. The van der Waals surface area contributed by atoms with E-state index in [0.717, 1.165) is 28.2 Å². The fraction of sp³-hybridized carbons (Fsp3) is 0. The second-order valence-corrected chi connectivity index (χ2v) is 5.77. The van der Waals surface area contributed by atoms with Gasteiger partial charge >= 0.3 is 0 Å². The van der Waals surface area contributed by atoms with Crippen LogP contribution in [0.1, 0.15) is 0 Å². The Labute approximate surface area is 150 Å². The normalized spacial score (nSPS) is 10.6. The Balaban J connectivity index is 1.54. The quantitative estimate of drug-likeness (QED) is 0.505. The van der Waals surface area contributed by atoms with Crippen LogP contribution in [0.25, 0.3) is 11.0 Å². The lowest BCUT2D eigenvalue weighted by Crippen LogP contribution is -1.97. The zero-order valence-electron chi connectivity index (χ0n) is 13.2. The first-order valence-electron chi connectivity index (χ1n) is 7.80. The molecule has 3 aromatic carbocycles. The highest BCUT2D eigenvalue weighted by Crippen LogP contribution is 2.27. The SMILES string of the molecule is Clc1nc2ccccc2nc1Nc1ccc(Oc2ccccc2)cc1. The highest BCUT2D eigenvalue weighted by atomic mass is 35.5. The molecule has 0 unspecified atom stereocenters. The van der Waals surface area contributed by atoms with Crippen LogP contribution in [0.5, 0.6) is 11.5 Å². The van der Waals surface area contributed by atoms with Crippen molar-refractivity contribution in [2.45, 2.75) is 0 Å². The maximum absolute atomic E-state index is 6.23. The maximum atomic E-state index is 6.23.